The van der Waals surface area contributed by atoms with E-state index >= 15 is 0 Å². The first-order chi connectivity index (χ1) is 17.0. The Labute approximate surface area is 201 Å². The number of carbonyl (C=O) groups excluding carboxylic acids is 2. The van der Waals surface area contributed by atoms with Gasteiger partial charge in [-0.2, -0.15) is 5.10 Å². The normalized spacial score (nSPS) is 11.3. The van der Waals surface area contributed by atoms with Crippen molar-refractivity contribution in [3.63, 3.8) is 0 Å². The quantitative estimate of drug-likeness (QED) is 0.272. The van der Waals surface area contributed by atoms with Crippen molar-refractivity contribution in [1.82, 2.24) is 5.43 Å². The van der Waals surface area contributed by atoms with Gasteiger partial charge in [-0.15, -0.1) is 0 Å². The van der Waals surface area contributed by atoms with E-state index in [-0.39, 0.29) is 18.9 Å². The summed E-state index contributed by atoms with van der Waals surface area (Å²) in [6.45, 7) is 1.42. The molecule has 0 spiro atoms. The number of benzene rings is 3. The van der Waals surface area contributed by atoms with E-state index in [2.05, 4.69) is 15.8 Å². The molecule has 9 nitrogen and oxygen atoms in total. The number of methoxy groups -OCH3 is 2. The minimum Gasteiger partial charge on any atom is -0.497 e. The van der Waals surface area contributed by atoms with Crippen LogP contribution in [0.2, 0.25) is 0 Å². The molecule has 35 heavy (non-hydrogen) atoms. The van der Waals surface area contributed by atoms with Crippen molar-refractivity contribution >= 4 is 45.2 Å². The second kappa shape index (κ2) is 10.6. The molecular weight excluding hydrogens is 450 g/mol. The van der Waals surface area contributed by atoms with Crippen LogP contribution in [0.1, 0.15) is 13.3 Å². The minimum absolute atomic E-state index is 0.0268. The number of para-hydroxylation sites is 1. The molecule has 0 fully saturated rings. The first-order valence-electron chi connectivity index (χ1n) is 10.8. The number of amides is 2. The highest BCUT2D eigenvalue weighted by molar-refractivity contribution is 6.10. The summed E-state index contributed by atoms with van der Waals surface area (Å²) in [7, 11) is 3.11. The van der Waals surface area contributed by atoms with Crippen molar-refractivity contribution in [1.29, 1.82) is 0 Å². The molecule has 2 N–H and O–H groups in total. The first-order valence-corrected chi connectivity index (χ1v) is 10.8. The zero-order valence-corrected chi connectivity index (χ0v) is 19.6. The summed E-state index contributed by atoms with van der Waals surface area (Å²) < 4.78 is 21.8. The molecule has 0 aliphatic carbocycles. The molecule has 0 aliphatic heterocycles. The average molecular weight is 476 g/mol. The number of nitrogens with zero attached hydrogens (tertiary/aromatic N) is 1. The molecule has 0 radical (unpaired) electrons. The lowest BCUT2D eigenvalue weighted by Crippen LogP contribution is -2.26. The number of nitrogens with one attached hydrogen (secondary N) is 2. The van der Waals surface area contributed by atoms with Crippen molar-refractivity contribution in [2.75, 3.05) is 26.1 Å². The molecular formula is C26H25N3O6. The summed E-state index contributed by atoms with van der Waals surface area (Å²) in [4.78, 5) is 24.6. The number of fused-ring (bicyclic) bond motifs is 3. The van der Waals surface area contributed by atoms with Crippen LogP contribution < -0.4 is 25.0 Å². The average Bonchev–Trinajstić information content (AvgIpc) is 3.23. The van der Waals surface area contributed by atoms with Gasteiger partial charge >= 0.3 is 0 Å². The van der Waals surface area contributed by atoms with E-state index in [1.54, 1.807) is 44.4 Å². The highest BCUT2D eigenvalue weighted by Gasteiger charge is 2.14. The van der Waals surface area contributed by atoms with Gasteiger partial charge in [0, 0.05) is 22.6 Å². The molecule has 0 bridgehead atoms. The van der Waals surface area contributed by atoms with Gasteiger partial charge in [-0.25, -0.2) is 5.43 Å². The highest BCUT2D eigenvalue weighted by atomic mass is 16.5. The molecule has 3 aromatic carbocycles. The van der Waals surface area contributed by atoms with Gasteiger partial charge in [0.25, 0.3) is 5.91 Å². The summed E-state index contributed by atoms with van der Waals surface area (Å²) in [6.07, 6.45) is -0.0268. The number of anilines is 1. The number of hydrogen-bond donors (Lipinski definition) is 2. The van der Waals surface area contributed by atoms with Gasteiger partial charge in [0.2, 0.25) is 5.91 Å². The Morgan fingerprint density at radius 1 is 0.886 bits per heavy atom. The van der Waals surface area contributed by atoms with Crippen LogP contribution in [-0.4, -0.2) is 38.4 Å². The van der Waals surface area contributed by atoms with Crippen LogP contribution in [0, 0.1) is 0 Å². The zero-order chi connectivity index (χ0) is 24.8. The third-order valence-corrected chi connectivity index (χ3v) is 5.19. The summed E-state index contributed by atoms with van der Waals surface area (Å²) >= 11 is 0. The lowest BCUT2D eigenvalue weighted by atomic mass is 10.1. The Bertz CT molecular complexity index is 1390. The number of hydrazone groups is 1. The fourth-order valence-electron chi connectivity index (χ4n) is 3.50. The fourth-order valence-corrected chi connectivity index (χ4v) is 3.50. The number of furan rings is 1. The largest absolute Gasteiger partial charge is 0.497 e. The lowest BCUT2D eigenvalue weighted by molar-refractivity contribution is -0.123. The van der Waals surface area contributed by atoms with E-state index in [4.69, 9.17) is 18.6 Å². The van der Waals surface area contributed by atoms with E-state index in [1.165, 1.54) is 7.11 Å². The maximum absolute atomic E-state index is 12.6. The van der Waals surface area contributed by atoms with E-state index in [9.17, 15) is 9.59 Å². The molecule has 180 valence electrons. The van der Waals surface area contributed by atoms with Crippen LogP contribution in [0.5, 0.6) is 17.2 Å². The monoisotopic (exact) mass is 475 g/mol. The minimum atomic E-state index is -0.447. The van der Waals surface area contributed by atoms with Crippen LogP contribution in [0.4, 0.5) is 5.69 Å². The molecule has 4 rings (SSSR count). The van der Waals surface area contributed by atoms with Crippen molar-refractivity contribution in [2.24, 2.45) is 5.10 Å². The Hall–Kier alpha value is -4.53. The Morgan fingerprint density at radius 3 is 2.37 bits per heavy atom. The van der Waals surface area contributed by atoms with Gasteiger partial charge in [0.15, 0.2) is 6.61 Å². The molecule has 1 aromatic heterocycles. The van der Waals surface area contributed by atoms with E-state index in [0.29, 0.717) is 34.2 Å². The van der Waals surface area contributed by atoms with Crippen molar-refractivity contribution in [2.45, 2.75) is 13.3 Å². The van der Waals surface area contributed by atoms with E-state index in [1.807, 2.05) is 30.3 Å². The van der Waals surface area contributed by atoms with Gasteiger partial charge in [-0.3, -0.25) is 9.59 Å². The predicted octanol–water partition coefficient (Wildman–Crippen LogP) is 4.50. The fraction of sp³-hybridized carbons (Fsp3) is 0.192. The zero-order valence-electron chi connectivity index (χ0n) is 19.6. The molecule has 0 unspecified atom stereocenters. The SMILES string of the molecule is COc1ccc(OCC(=O)N/N=C(/C)CC(=O)Nc2cc3oc4ccccc4c3cc2OC)cc1. The summed E-state index contributed by atoms with van der Waals surface area (Å²) in [5.74, 6) is 0.962. The summed E-state index contributed by atoms with van der Waals surface area (Å²) in [5, 5.41) is 8.66. The molecule has 0 atom stereocenters. The standard InChI is InChI=1S/C26H25N3O6/c1-16(28-29-26(31)15-34-18-10-8-17(32-2)9-11-18)12-25(30)27-21-14-23-20(13-24(21)33-3)19-6-4-5-7-22(19)35-23/h4-11,13-14H,12,15H2,1-3H3,(H,27,30)(H,29,31)/b28-16-. The van der Waals surface area contributed by atoms with Gasteiger partial charge in [-0.1, -0.05) is 18.2 Å². The maximum Gasteiger partial charge on any atom is 0.277 e. The summed E-state index contributed by atoms with van der Waals surface area (Å²) in [5.41, 5.74) is 4.67. The first kappa shape index (κ1) is 23.6. The van der Waals surface area contributed by atoms with Crippen molar-refractivity contribution < 1.29 is 28.2 Å². The number of hydrogen-bond acceptors (Lipinski definition) is 7. The van der Waals surface area contributed by atoms with E-state index < -0.39 is 5.91 Å². The third kappa shape index (κ3) is 5.70. The van der Waals surface area contributed by atoms with Crippen molar-refractivity contribution in [3.8, 4) is 17.2 Å². The lowest BCUT2D eigenvalue weighted by Gasteiger charge is -2.10. The Kier molecular flexibility index (Phi) is 7.15. The topological polar surface area (TPSA) is 111 Å². The number of carbonyl (C=O) groups is 2. The van der Waals surface area contributed by atoms with Gasteiger partial charge in [-0.05, 0) is 43.3 Å². The number of rotatable bonds is 9. The Morgan fingerprint density at radius 2 is 1.63 bits per heavy atom. The van der Waals surface area contributed by atoms with Gasteiger partial charge in [0.1, 0.15) is 28.4 Å². The Balaban J connectivity index is 1.34. The molecule has 4 aromatic rings. The van der Waals surface area contributed by atoms with Crippen LogP contribution in [-0.2, 0) is 9.59 Å². The molecule has 2 amide bonds. The van der Waals surface area contributed by atoms with Crippen molar-refractivity contribution in [3.05, 3.63) is 60.7 Å². The second-order valence-electron chi connectivity index (χ2n) is 7.72. The predicted molar refractivity (Wildman–Crippen MR) is 133 cm³/mol. The van der Waals surface area contributed by atoms with Crippen LogP contribution in [0.3, 0.4) is 0 Å². The second-order valence-corrected chi connectivity index (χ2v) is 7.72. The summed E-state index contributed by atoms with van der Waals surface area (Å²) in [6, 6.07) is 18.1. The van der Waals surface area contributed by atoms with Crippen LogP contribution in [0.25, 0.3) is 21.9 Å². The molecule has 1 heterocycles. The highest BCUT2D eigenvalue weighted by Crippen LogP contribution is 2.36. The van der Waals surface area contributed by atoms with Crippen LogP contribution in [0.15, 0.2) is 70.2 Å². The van der Waals surface area contributed by atoms with Gasteiger partial charge in [0.05, 0.1) is 26.3 Å². The number of ether oxygens (including phenoxy) is 3. The van der Waals surface area contributed by atoms with E-state index in [0.717, 1.165) is 16.4 Å². The maximum atomic E-state index is 12.6. The molecule has 0 saturated carbocycles. The smallest absolute Gasteiger partial charge is 0.277 e. The molecule has 0 aliphatic rings. The van der Waals surface area contributed by atoms with Crippen LogP contribution >= 0.6 is 0 Å². The molecule has 9 heteroatoms. The van der Waals surface area contributed by atoms with Gasteiger partial charge < -0.3 is 23.9 Å². The molecule has 0 saturated heterocycles. The third-order valence-electron chi connectivity index (χ3n) is 5.19.